The maximum absolute atomic E-state index is 13.7. The first-order chi connectivity index (χ1) is 19.9. The average molecular weight is 575 g/mol. The number of rotatable bonds is 11. The Morgan fingerprint density at radius 3 is 1.67 bits per heavy atom. The number of likely N-dealkylation sites (N-methyl/N-ethyl adjacent to an activating group) is 1. The van der Waals surface area contributed by atoms with Gasteiger partial charge in [0.25, 0.3) is 0 Å². The molecule has 222 valence electrons. The zero-order valence-corrected chi connectivity index (χ0v) is 24.3. The fourth-order valence-corrected chi connectivity index (χ4v) is 4.59. The third-order valence-electron chi connectivity index (χ3n) is 6.42. The number of carbonyl (C=O) groups excluding carboxylic acids is 3. The highest BCUT2D eigenvalue weighted by atomic mass is 16.6. The smallest absolute Gasteiger partial charge is 0.407 e. The molecule has 42 heavy (non-hydrogen) atoms. The summed E-state index contributed by atoms with van der Waals surface area (Å²) < 4.78 is 5.19. The number of hydrogen-bond acceptors (Lipinski definition) is 5. The number of amides is 4. The Bertz CT molecular complexity index is 1250. The van der Waals surface area contributed by atoms with Crippen LogP contribution in [0.2, 0.25) is 0 Å². The van der Waals surface area contributed by atoms with Gasteiger partial charge in [-0.05, 0) is 37.5 Å². The summed E-state index contributed by atoms with van der Waals surface area (Å²) in [4.78, 5) is 51.8. The van der Waals surface area contributed by atoms with Crippen LogP contribution in [-0.4, -0.2) is 65.8 Å². The first-order valence-electron chi connectivity index (χ1n) is 13.6. The maximum atomic E-state index is 13.7. The SMILES string of the molecule is CN(CCNC(=O)OC(C)(C)C)C(=O)[C@@H](CC(=O)NC(c1ccccc1)(c1ccccc1)c1ccccc1)NC(=O)O. The second-order valence-corrected chi connectivity index (χ2v) is 10.8. The van der Waals surface area contributed by atoms with Gasteiger partial charge in [0.2, 0.25) is 11.8 Å². The molecule has 0 fully saturated rings. The number of carbonyl (C=O) groups is 4. The Labute approximate surface area is 246 Å². The van der Waals surface area contributed by atoms with E-state index in [4.69, 9.17) is 4.74 Å². The molecule has 0 heterocycles. The number of ether oxygens (including phenoxy) is 1. The highest BCUT2D eigenvalue weighted by molar-refractivity contribution is 5.91. The fourth-order valence-electron chi connectivity index (χ4n) is 4.59. The normalized spacial score (nSPS) is 12.0. The van der Waals surface area contributed by atoms with E-state index in [1.165, 1.54) is 11.9 Å². The summed E-state index contributed by atoms with van der Waals surface area (Å²) in [5.74, 6) is -1.16. The van der Waals surface area contributed by atoms with Crippen LogP contribution in [0, 0.1) is 0 Å². The Balaban J connectivity index is 1.86. The predicted octanol–water partition coefficient (Wildman–Crippen LogP) is 4.10. The van der Waals surface area contributed by atoms with Crippen LogP contribution in [0.3, 0.4) is 0 Å². The van der Waals surface area contributed by atoms with Gasteiger partial charge in [0.05, 0.1) is 6.42 Å². The van der Waals surface area contributed by atoms with Crippen LogP contribution in [0.15, 0.2) is 91.0 Å². The van der Waals surface area contributed by atoms with E-state index in [9.17, 15) is 24.3 Å². The van der Waals surface area contributed by atoms with Crippen molar-refractivity contribution in [3.05, 3.63) is 108 Å². The predicted molar refractivity (Wildman–Crippen MR) is 159 cm³/mol. The molecule has 0 saturated carbocycles. The van der Waals surface area contributed by atoms with Gasteiger partial charge in [0, 0.05) is 20.1 Å². The zero-order valence-electron chi connectivity index (χ0n) is 24.3. The minimum absolute atomic E-state index is 0.0689. The van der Waals surface area contributed by atoms with Crippen molar-refractivity contribution in [3.8, 4) is 0 Å². The molecule has 10 nitrogen and oxygen atoms in total. The quantitative estimate of drug-likeness (QED) is 0.255. The molecule has 3 aromatic rings. The van der Waals surface area contributed by atoms with Crippen LogP contribution < -0.4 is 16.0 Å². The van der Waals surface area contributed by atoms with Crippen molar-refractivity contribution in [2.75, 3.05) is 20.1 Å². The summed E-state index contributed by atoms with van der Waals surface area (Å²) in [7, 11) is 1.47. The van der Waals surface area contributed by atoms with E-state index >= 15 is 0 Å². The van der Waals surface area contributed by atoms with Crippen molar-refractivity contribution in [3.63, 3.8) is 0 Å². The van der Waals surface area contributed by atoms with Crippen molar-refractivity contribution in [1.82, 2.24) is 20.9 Å². The van der Waals surface area contributed by atoms with Gasteiger partial charge in [0.15, 0.2) is 0 Å². The minimum atomic E-state index is -1.44. The number of alkyl carbamates (subject to hydrolysis) is 1. The average Bonchev–Trinajstić information content (AvgIpc) is 2.95. The topological polar surface area (TPSA) is 137 Å². The second-order valence-electron chi connectivity index (χ2n) is 10.8. The van der Waals surface area contributed by atoms with Crippen LogP contribution in [0.5, 0.6) is 0 Å². The lowest BCUT2D eigenvalue weighted by molar-refractivity contribution is -0.135. The molecule has 10 heteroatoms. The van der Waals surface area contributed by atoms with E-state index in [-0.39, 0.29) is 13.1 Å². The second kappa shape index (κ2) is 14.2. The molecule has 0 unspecified atom stereocenters. The molecule has 0 aromatic heterocycles. The Morgan fingerprint density at radius 2 is 1.26 bits per heavy atom. The van der Waals surface area contributed by atoms with Gasteiger partial charge >= 0.3 is 12.2 Å². The first-order valence-corrected chi connectivity index (χ1v) is 13.6. The van der Waals surface area contributed by atoms with E-state index in [1.807, 2.05) is 91.0 Å². The number of benzene rings is 3. The Hall–Kier alpha value is -4.86. The molecule has 0 aliphatic heterocycles. The lowest BCUT2D eigenvalue weighted by atomic mass is 9.77. The number of carboxylic acid groups (broad SMARTS) is 1. The van der Waals surface area contributed by atoms with Crippen LogP contribution in [0.4, 0.5) is 9.59 Å². The third kappa shape index (κ3) is 8.57. The highest BCUT2D eigenvalue weighted by Crippen LogP contribution is 2.36. The molecule has 0 radical (unpaired) electrons. The van der Waals surface area contributed by atoms with Gasteiger partial charge in [-0.15, -0.1) is 0 Å². The van der Waals surface area contributed by atoms with Gasteiger partial charge < -0.3 is 30.7 Å². The Morgan fingerprint density at radius 1 is 0.810 bits per heavy atom. The molecule has 1 atom stereocenters. The minimum Gasteiger partial charge on any atom is -0.465 e. The van der Waals surface area contributed by atoms with Gasteiger partial charge in [-0.25, -0.2) is 9.59 Å². The molecule has 3 rings (SSSR count). The summed E-state index contributed by atoms with van der Waals surface area (Å²) in [6, 6.07) is 27.0. The van der Waals surface area contributed by atoms with E-state index in [1.54, 1.807) is 20.8 Å². The molecule has 4 amide bonds. The van der Waals surface area contributed by atoms with Crippen molar-refractivity contribution in [2.24, 2.45) is 0 Å². The maximum Gasteiger partial charge on any atom is 0.407 e. The molecule has 4 N–H and O–H groups in total. The van der Waals surface area contributed by atoms with E-state index in [2.05, 4.69) is 16.0 Å². The molecule has 0 saturated heterocycles. The fraction of sp³-hybridized carbons (Fsp3) is 0.312. The van der Waals surface area contributed by atoms with Crippen molar-refractivity contribution >= 4 is 24.0 Å². The largest absolute Gasteiger partial charge is 0.465 e. The molecular weight excluding hydrogens is 536 g/mol. The first kappa shape index (κ1) is 31.7. The van der Waals surface area contributed by atoms with Crippen LogP contribution in [0.1, 0.15) is 43.9 Å². The standard InChI is InChI=1S/C32H38N4O6/c1-31(2,3)42-30(41)33-20-21-36(4)28(38)26(34-29(39)40)22-27(37)35-32(23-14-8-5-9-15-23,24-16-10-6-11-17-24)25-18-12-7-13-19-25/h5-19,26,34H,20-22H2,1-4H3,(H,33,41)(H,35,37)(H,39,40)/t26-/m1/s1. The number of nitrogens with one attached hydrogen (secondary N) is 3. The lowest BCUT2D eigenvalue weighted by Crippen LogP contribution is -2.53. The van der Waals surface area contributed by atoms with Crippen LogP contribution >= 0.6 is 0 Å². The third-order valence-corrected chi connectivity index (χ3v) is 6.42. The van der Waals surface area contributed by atoms with Crippen LogP contribution in [0.25, 0.3) is 0 Å². The van der Waals surface area contributed by atoms with E-state index < -0.39 is 47.6 Å². The van der Waals surface area contributed by atoms with Crippen LogP contribution in [-0.2, 0) is 19.9 Å². The van der Waals surface area contributed by atoms with Gasteiger partial charge in [-0.2, -0.15) is 0 Å². The number of nitrogens with zero attached hydrogens (tertiary/aromatic N) is 1. The van der Waals surface area contributed by atoms with E-state index in [0.29, 0.717) is 0 Å². The summed E-state index contributed by atoms with van der Waals surface area (Å²) in [6.45, 7) is 5.34. The highest BCUT2D eigenvalue weighted by Gasteiger charge is 2.39. The summed E-state index contributed by atoms with van der Waals surface area (Å²) >= 11 is 0. The van der Waals surface area contributed by atoms with E-state index in [0.717, 1.165) is 16.7 Å². The molecule has 0 bridgehead atoms. The summed E-state index contributed by atoms with van der Waals surface area (Å²) in [6.07, 6.45) is -2.53. The van der Waals surface area contributed by atoms with Crippen molar-refractivity contribution in [2.45, 2.75) is 44.4 Å². The molecule has 0 spiro atoms. The molecule has 0 aliphatic rings. The van der Waals surface area contributed by atoms with Crippen molar-refractivity contribution < 1.29 is 29.0 Å². The van der Waals surface area contributed by atoms with Gasteiger partial charge in [-0.1, -0.05) is 91.0 Å². The molecule has 3 aromatic carbocycles. The lowest BCUT2D eigenvalue weighted by Gasteiger charge is -2.37. The molecule has 0 aliphatic carbocycles. The Kier molecular flexibility index (Phi) is 10.7. The summed E-state index contributed by atoms with van der Waals surface area (Å²) in [5.41, 5.74) is 0.561. The molecular formula is C32H38N4O6. The summed E-state index contributed by atoms with van der Waals surface area (Å²) in [5, 5.41) is 17.3. The zero-order chi connectivity index (χ0) is 30.8. The number of hydrogen-bond donors (Lipinski definition) is 4. The monoisotopic (exact) mass is 574 g/mol. The van der Waals surface area contributed by atoms with Gasteiger partial charge in [0.1, 0.15) is 17.2 Å². The van der Waals surface area contributed by atoms with Gasteiger partial charge in [-0.3, -0.25) is 9.59 Å². The van der Waals surface area contributed by atoms with Crippen molar-refractivity contribution in [1.29, 1.82) is 0 Å².